The average molecular weight is 456 g/mol. The van der Waals surface area contributed by atoms with Gasteiger partial charge in [-0.25, -0.2) is 8.42 Å². The van der Waals surface area contributed by atoms with Crippen molar-refractivity contribution in [3.63, 3.8) is 0 Å². The number of carbonyl (C=O) groups is 3. The second kappa shape index (κ2) is 8.09. The van der Waals surface area contributed by atoms with E-state index in [0.717, 1.165) is 5.52 Å². The van der Waals surface area contributed by atoms with Crippen LogP contribution in [0.4, 0.5) is 5.69 Å². The summed E-state index contributed by atoms with van der Waals surface area (Å²) >= 11 is 0. The molecule has 0 radical (unpaired) electrons. The van der Waals surface area contributed by atoms with Gasteiger partial charge >= 0.3 is 5.97 Å². The molecular formula is C21H20N4O6S. The van der Waals surface area contributed by atoms with E-state index in [1.807, 2.05) is 12.1 Å². The summed E-state index contributed by atoms with van der Waals surface area (Å²) in [6, 6.07) is 12.6. The van der Waals surface area contributed by atoms with E-state index in [0.29, 0.717) is 16.6 Å². The maximum Gasteiger partial charge on any atom is 0.308 e. The van der Waals surface area contributed by atoms with Crippen LogP contribution in [0.1, 0.15) is 16.8 Å². The molecule has 1 saturated heterocycles. The van der Waals surface area contributed by atoms with Crippen molar-refractivity contribution in [3.05, 3.63) is 60.3 Å². The molecule has 0 spiro atoms. The number of benzene rings is 2. The molecule has 166 valence electrons. The first kappa shape index (κ1) is 21.5. The second-order valence-corrected chi connectivity index (χ2v) is 9.15. The highest BCUT2D eigenvalue weighted by Crippen LogP contribution is 2.26. The SMILES string of the molecule is Cn1cc(C(=O)NNS(=O)(=O)c2ccc(N3CC(C(=O)O)CC3=O)cc2)c2ccccc21. The molecule has 1 fully saturated rings. The topological polar surface area (TPSA) is 138 Å². The number of aryl methyl sites for hydroxylation is 1. The van der Waals surface area contributed by atoms with Crippen LogP contribution < -0.4 is 15.2 Å². The fourth-order valence-corrected chi connectivity index (χ4v) is 4.53. The molecule has 0 saturated carbocycles. The molecule has 3 N–H and O–H groups in total. The van der Waals surface area contributed by atoms with Crippen molar-refractivity contribution in [1.29, 1.82) is 0 Å². The van der Waals surface area contributed by atoms with Gasteiger partial charge in [0.05, 0.1) is 16.4 Å². The number of amides is 2. The van der Waals surface area contributed by atoms with Crippen LogP contribution in [0.3, 0.4) is 0 Å². The second-order valence-electron chi connectivity index (χ2n) is 7.47. The largest absolute Gasteiger partial charge is 0.481 e. The van der Waals surface area contributed by atoms with Gasteiger partial charge in [0, 0.05) is 42.8 Å². The predicted molar refractivity (Wildman–Crippen MR) is 115 cm³/mol. The van der Waals surface area contributed by atoms with E-state index in [2.05, 4.69) is 10.3 Å². The summed E-state index contributed by atoms with van der Waals surface area (Å²) < 4.78 is 26.9. The molecule has 11 heteroatoms. The number of nitrogens with zero attached hydrogens (tertiary/aromatic N) is 2. The van der Waals surface area contributed by atoms with Gasteiger partial charge in [-0.3, -0.25) is 19.8 Å². The lowest BCUT2D eigenvalue weighted by atomic mass is 10.1. The number of para-hydroxylation sites is 1. The quantitative estimate of drug-likeness (QED) is 0.477. The van der Waals surface area contributed by atoms with Crippen molar-refractivity contribution in [3.8, 4) is 0 Å². The van der Waals surface area contributed by atoms with Gasteiger partial charge in [0.15, 0.2) is 0 Å². The van der Waals surface area contributed by atoms with Gasteiger partial charge in [-0.1, -0.05) is 18.2 Å². The molecule has 1 aliphatic rings. The highest BCUT2D eigenvalue weighted by molar-refractivity contribution is 7.89. The lowest BCUT2D eigenvalue weighted by molar-refractivity contribution is -0.141. The molecule has 2 heterocycles. The number of carbonyl (C=O) groups excluding carboxylic acids is 2. The van der Waals surface area contributed by atoms with Crippen LogP contribution in [-0.4, -0.2) is 42.4 Å². The first-order valence-corrected chi connectivity index (χ1v) is 11.1. The van der Waals surface area contributed by atoms with Crippen molar-refractivity contribution >= 4 is 44.4 Å². The van der Waals surface area contributed by atoms with Gasteiger partial charge in [-0.05, 0) is 30.3 Å². The Bertz CT molecular complexity index is 1330. The molecule has 1 aromatic heterocycles. The molecule has 1 unspecified atom stereocenters. The van der Waals surface area contributed by atoms with Crippen LogP contribution in [0.15, 0.2) is 59.6 Å². The Balaban J connectivity index is 1.46. The van der Waals surface area contributed by atoms with Gasteiger partial charge in [-0.15, -0.1) is 4.83 Å². The van der Waals surface area contributed by atoms with Crippen LogP contribution in [0.25, 0.3) is 10.9 Å². The number of carboxylic acid groups (broad SMARTS) is 1. The molecule has 2 aromatic carbocycles. The molecule has 1 aliphatic heterocycles. The first-order valence-electron chi connectivity index (χ1n) is 9.67. The van der Waals surface area contributed by atoms with E-state index in [1.165, 1.54) is 29.2 Å². The van der Waals surface area contributed by atoms with Gasteiger partial charge in [-0.2, -0.15) is 0 Å². The summed E-state index contributed by atoms with van der Waals surface area (Å²) in [6.45, 7) is 0.0274. The molecule has 4 rings (SSSR count). The number of carboxylic acids is 1. The summed E-state index contributed by atoms with van der Waals surface area (Å²) in [7, 11) is -2.29. The Morgan fingerprint density at radius 3 is 2.44 bits per heavy atom. The van der Waals surface area contributed by atoms with E-state index in [4.69, 9.17) is 5.11 Å². The van der Waals surface area contributed by atoms with E-state index >= 15 is 0 Å². The number of hydrogen-bond donors (Lipinski definition) is 3. The van der Waals surface area contributed by atoms with Crippen molar-refractivity contribution in [2.45, 2.75) is 11.3 Å². The molecule has 2 amide bonds. The Morgan fingerprint density at radius 2 is 1.78 bits per heavy atom. The third-order valence-electron chi connectivity index (χ3n) is 5.37. The predicted octanol–water partition coefficient (Wildman–Crippen LogP) is 1.24. The minimum Gasteiger partial charge on any atom is -0.481 e. The molecule has 0 aliphatic carbocycles. The van der Waals surface area contributed by atoms with E-state index in [1.54, 1.807) is 29.9 Å². The summed E-state index contributed by atoms with van der Waals surface area (Å²) in [6.07, 6.45) is 1.51. The van der Waals surface area contributed by atoms with Crippen LogP contribution in [0, 0.1) is 5.92 Å². The summed E-state index contributed by atoms with van der Waals surface area (Å²) in [5.74, 6) is -2.79. The van der Waals surface area contributed by atoms with Crippen molar-refractivity contribution < 1.29 is 27.9 Å². The molecule has 32 heavy (non-hydrogen) atoms. The number of hydrogen-bond acceptors (Lipinski definition) is 5. The van der Waals surface area contributed by atoms with Crippen LogP contribution in [0.2, 0.25) is 0 Å². The highest BCUT2D eigenvalue weighted by Gasteiger charge is 2.35. The van der Waals surface area contributed by atoms with Gasteiger partial charge in [0.25, 0.3) is 15.9 Å². The normalized spacial score (nSPS) is 16.5. The Labute approximate surface area is 183 Å². The van der Waals surface area contributed by atoms with Crippen LogP contribution in [-0.2, 0) is 26.7 Å². The number of hydrazine groups is 1. The van der Waals surface area contributed by atoms with Crippen molar-refractivity contribution in [2.75, 3.05) is 11.4 Å². The van der Waals surface area contributed by atoms with E-state index < -0.39 is 27.8 Å². The molecule has 3 aromatic rings. The van der Waals surface area contributed by atoms with Crippen LogP contribution in [0.5, 0.6) is 0 Å². The smallest absolute Gasteiger partial charge is 0.308 e. The first-order chi connectivity index (χ1) is 15.2. The average Bonchev–Trinajstić information content (AvgIpc) is 3.33. The van der Waals surface area contributed by atoms with Crippen LogP contribution >= 0.6 is 0 Å². The fourth-order valence-electron chi connectivity index (χ4n) is 3.69. The van der Waals surface area contributed by atoms with E-state index in [-0.39, 0.29) is 23.8 Å². The summed E-state index contributed by atoms with van der Waals surface area (Å²) in [5.41, 5.74) is 3.77. The van der Waals surface area contributed by atoms with Crippen molar-refractivity contribution in [1.82, 2.24) is 14.8 Å². The number of rotatable bonds is 6. The number of aromatic nitrogens is 1. The number of anilines is 1. The Kier molecular flexibility index (Phi) is 5.45. The molecule has 0 bridgehead atoms. The van der Waals surface area contributed by atoms with Gasteiger partial charge in [0.1, 0.15) is 0 Å². The summed E-state index contributed by atoms with van der Waals surface area (Å²) in [5, 5.41) is 9.78. The number of aliphatic carboxylic acids is 1. The Morgan fingerprint density at radius 1 is 1.09 bits per heavy atom. The fraction of sp³-hybridized carbons (Fsp3) is 0.190. The maximum absolute atomic E-state index is 12.6. The lowest BCUT2D eigenvalue weighted by Crippen LogP contribution is -2.41. The van der Waals surface area contributed by atoms with Gasteiger partial charge in [0.2, 0.25) is 5.91 Å². The van der Waals surface area contributed by atoms with Gasteiger partial charge < -0.3 is 14.6 Å². The third-order valence-corrected chi connectivity index (χ3v) is 6.64. The zero-order chi connectivity index (χ0) is 23.0. The summed E-state index contributed by atoms with van der Waals surface area (Å²) in [4.78, 5) is 39.0. The monoisotopic (exact) mass is 456 g/mol. The third kappa shape index (κ3) is 3.95. The standard InChI is InChI=1S/C21H20N4O6S/c1-24-12-17(16-4-2-3-5-18(16)24)20(27)22-23-32(30,31)15-8-6-14(7-9-15)25-11-13(21(28)29)10-19(25)26/h2-9,12-13,23H,10-11H2,1H3,(H,22,27)(H,28,29). The zero-order valence-electron chi connectivity index (χ0n) is 17.0. The Hall–Kier alpha value is -3.70. The lowest BCUT2D eigenvalue weighted by Gasteiger charge is -2.16. The number of fused-ring (bicyclic) bond motifs is 1. The maximum atomic E-state index is 12.6. The molecule has 10 nitrogen and oxygen atoms in total. The minimum absolute atomic E-state index is 0.0274. The zero-order valence-corrected chi connectivity index (χ0v) is 17.8. The molecule has 1 atom stereocenters. The minimum atomic E-state index is -4.07. The number of sulfonamides is 1. The van der Waals surface area contributed by atoms with Crippen molar-refractivity contribution in [2.24, 2.45) is 13.0 Å². The molecular weight excluding hydrogens is 436 g/mol. The number of nitrogens with one attached hydrogen (secondary N) is 2. The van der Waals surface area contributed by atoms with E-state index in [9.17, 15) is 22.8 Å². The highest BCUT2D eigenvalue weighted by atomic mass is 32.2.